The Kier molecular flexibility index (Phi) is 6.06. The summed E-state index contributed by atoms with van der Waals surface area (Å²) in [6.45, 7) is 3.17. The van der Waals surface area contributed by atoms with Gasteiger partial charge in [-0.15, -0.1) is 11.3 Å². The summed E-state index contributed by atoms with van der Waals surface area (Å²) in [5, 5.41) is 3.95. The minimum absolute atomic E-state index is 0.00794. The summed E-state index contributed by atoms with van der Waals surface area (Å²) in [5.74, 6) is 2.63. The lowest BCUT2D eigenvalue weighted by molar-refractivity contribution is -0.121. The topological polar surface area (TPSA) is 67.2 Å². The van der Waals surface area contributed by atoms with Crippen LogP contribution >= 0.6 is 23.1 Å². The van der Waals surface area contributed by atoms with E-state index in [0.717, 1.165) is 34.1 Å². The zero-order valence-corrected chi connectivity index (χ0v) is 19.7. The predicted molar refractivity (Wildman–Crippen MR) is 130 cm³/mol. The first-order chi connectivity index (χ1) is 15.6. The molecule has 0 radical (unpaired) electrons. The number of piperidine rings is 1. The number of fused-ring (bicyclic) bond motifs is 1. The van der Waals surface area contributed by atoms with Crippen LogP contribution in [0.5, 0.6) is 0 Å². The van der Waals surface area contributed by atoms with Crippen molar-refractivity contribution in [1.29, 1.82) is 0 Å². The van der Waals surface area contributed by atoms with Crippen LogP contribution in [-0.2, 0) is 17.0 Å². The zero-order valence-electron chi connectivity index (χ0n) is 18.0. The van der Waals surface area contributed by atoms with Crippen molar-refractivity contribution in [1.82, 2.24) is 14.5 Å². The van der Waals surface area contributed by atoms with E-state index in [1.54, 1.807) is 17.5 Å². The first kappa shape index (κ1) is 21.3. The van der Waals surface area contributed by atoms with Gasteiger partial charge in [-0.3, -0.25) is 9.59 Å². The molecule has 1 N–H and O–H groups in total. The van der Waals surface area contributed by atoms with Gasteiger partial charge in [-0.1, -0.05) is 6.07 Å². The molecule has 2 amide bonds. The van der Waals surface area contributed by atoms with E-state index in [1.165, 1.54) is 10.4 Å². The molecule has 3 aromatic heterocycles. The molecular formula is C24H26N4O2S2. The van der Waals surface area contributed by atoms with Gasteiger partial charge in [-0.05, 0) is 61.3 Å². The van der Waals surface area contributed by atoms with E-state index in [2.05, 4.69) is 14.9 Å². The zero-order chi connectivity index (χ0) is 22.1. The Labute approximate surface area is 196 Å². The van der Waals surface area contributed by atoms with Gasteiger partial charge in [0, 0.05) is 48.2 Å². The summed E-state index contributed by atoms with van der Waals surface area (Å²) in [4.78, 5) is 33.9. The highest BCUT2D eigenvalue weighted by Gasteiger charge is 2.33. The van der Waals surface area contributed by atoms with Crippen LogP contribution < -0.4 is 5.32 Å². The maximum atomic E-state index is 13.7. The standard InChI is InChI=1S/C24H26N4O2S2/c1-16-4-5-20(25-14-16)26-22(29)17-6-11-27(12-7-17)23(30)21-18-8-13-31-15-19(18)32-24(21)28-9-2-3-10-28/h2-5,9-10,14,17H,6-8,11-13,15H2,1H3,(H,25,26,29). The molecule has 1 saturated heterocycles. The first-order valence-electron chi connectivity index (χ1n) is 11.0. The summed E-state index contributed by atoms with van der Waals surface area (Å²) in [6.07, 6.45) is 8.06. The molecule has 2 aliphatic heterocycles. The number of thioether (sulfide) groups is 1. The fraction of sp³-hybridized carbons (Fsp3) is 0.375. The van der Waals surface area contributed by atoms with E-state index in [0.29, 0.717) is 31.7 Å². The van der Waals surface area contributed by atoms with E-state index in [-0.39, 0.29) is 17.7 Å². The lowest BCUT2D eigenvalue weighted by Gasteiger charge is -2.32. The van der Waals surface area contributed by atoms with E-state index in [4.69, 9.17) is 0 Å². The Hall–Kier alpha value is -2.58. The average molecular weight is 467 g/mol. The fourth-order valence-corrected chi connectivity index (χ4v) is 6.80. The van der Waals surface area contributed by atoms with Crippen LogP contribution in [0.1, 0.15) is 39.2 Å². The molecule has 5 heterocycles. The van der Waals surface area contributed by atoms with Crippen molar-refractivity contribution in [3.05, 3.63) is 64.4 Å². The number of likely N-dealkylation sites (tertiary alicyclic amines) is 1. The van der Waals surface area contributed by atoms with E-state index in [1.807, 2.05) is 60.2 Å². The maximum absolute atomic E-state index is 13.7. The average Bonchev–Trinajstić information content (AvgIpc) is 3.48. The van der Waals surface area contributed by atoms with Gasteiger partial charge in [0.15, 0.2) is 0 Å². The van der Waals surface area contributed by atoms with Crippen LogP contribution in [0.25, 0.3) is 5.00 Å². The number of pyridine rings is 1. The van der Waals surface area contributed by atoms with Crippen molar-refractivity contribution >= 4 is 40.7 Å². The molecule has 0 unspecified atom stereocenters. The molecule has 6 nitrogen and oxygen atoms in total. The van der Waals surface area contributed by atoms with E-state index >= 15 is 0 Å². The molecule has 166 valence electrons. The minimum atomic E-state index is -0.0983. The maximum Gasteiger partial charge on any atom is 0.257 e. The number of hydrogen-bond acceptors (Lipinski definition) is 5. The Morgan fingerprint density at radius 1 is 1.16 bits per heavy atom. The number of amides is 2. The summed E-state index contributed by atoms with van der Waals surface area (Å²) >= 11 is 3.68. The fourth-order valence-electron chi connectivity index (χ4n) is 4.36. The molecule has 8 heteroatoms. The summed E-state index contributed by atoms with van der Waals surface area (Å²) in [6, 6.07) is 7.75. The Morgan fingerprint density at radius 2 is 1.94 bits per heavy atom. The number of carbonyl (C=O) groups excluding carboxylic acids is 2. The van der Waals surface area contributed by atoms with E-state index in [9.17, 15) is 9.59 Å². The number of hydrogen-bond donors (Lipinski definition) is 1. The van der Waals surface area contributed by atoms with Gasteiger partial charge in [0.25, 0.3) is 5.91 Å². The SMILES string of the molecule is Cc1ccc(NC(=O)C2CCN(C(=O)c3c(-n4cccc4)sc4c3CCSC4)CC2)nc1. The highest BCUT2D eigenvalue weighted by atomic mass is 32.2. The monoisotopic (exact) mass is 466 g/mol. The quantitative estimate of drug-likeness (QED) is 0.614. The van der Waals surface area contributed by atoms with Gasteiger partial charge in [0.2, 0.25) is 5.91 Å². The summed E-state index contributed by atoms with van der Waals surface area (Å²) < 4.78 is 2.07. The number of nitrogens with one attached hydrogen (secondary N) is 1. The molecule has 0 aliphatic carbocycles. The molecule has 0 bridgehead atoms. The van der Waals surface area contributed by atoms with Gasteiger partial charge in [-0.2, -0.15) is 11.8 Å². The van der Waals surface area contributed by atoms with Gasteiger partial charge in [-0.25, -0.2) is 4.98 Å². The molecule has 0 atom stereocenters. The van der Waals surface area contributed by atoms with Crippen LogP contribution in [0, 0.1) is 12.8 Å². The van der Waals surface area contributed by atoms with Crippen molar-refractivity contribution in [2.24, 2.45) is 5.92 Å². The number of aromatic nitrogens is 2. The molecular weight excluding hydrogens is 440 g/mol. The molecule has 5 rings (SSSR count). The molecule has 2 aliphatic rings. The third kappa shape index (κ3) is 4.21. The predicted octanol–water partition coefficient (Wildman–Crippen LogP) is 4.52. The molecule has 1 fully saturated rings. The smallest absolute Gasteiger partial charge is 0.257 e. The highest BCUT2D eigenvalue weighted by Crippen LogP contribution is 2.39. The number of nitrogens with zero attached hydrogens (tertiary/aromatic N) is 3. The molecule has 0 saturated carbocycles. The van der Waals surface area contributed by atoms with Crippen LogP contribution in [0.4, 0.5) is 5.82 Å². The second kappa shape index (κ2) is 9.11. The number of anilines is 1. The lowest BCUT2D eigenvalue weighted by Crippen LogP contribution is -2.42. The highest BCUT2D eigenvalue weighted by molar-refractivity contribution is 7.98. The summed E-state index contributed by atoms with van der Waals surface area (Å²) in [5.41, 5.74) is 3.16. The molecule has 3 aromatic rings. The molecule has 32 heavy (non-hydrogen) atoms. The minimum Gasteiger partial charge on any atom is -0.338 e. The van der Waals surface area contributed by atoms with Gasteiger partial charge in [0.05, 0.1) is 5.56 Å². The number of thiophene rings is 1. The van der Waals surface area contributed by atoms with Crippen LogP contribution in [0.15, 0.2) is 42.9 Å². The van der Waals surface area contributed by atoms with Gasteiger partial charge >= 0.3 is 0 Å². The molecule has 0 spiro atoms. The van der Waals surface area contributed by atoms with Crippen molar-refractivity contribution in [2.75, 3.05) is 24.2 Å². The normalized spacial score (nSPS) is 16.6. The van der Waals surface area contributed by atoms with Crippen molar-refractivity contribution < 1.29 is 9.59 Å². The van der Waals surface area contributed by atoms with Gasteiger partial charge < -0.3 is 14.8 Å². The Bertz CT molecular complexity index is 1110. The number of rotatable bonds is 4. The largest absolute Gasteiger partial charge is 0.338 e. The Balaban J connectivity index is 1.29. The number of carbonyl (C=O) groups is 2. The Morgan fingerprint density at radius 3 is 2.66 bits per heavy atom. The van der Waals surface area contributed by atoms with Crippen molar-refractivity contribution in [2.45, 2.75) is 31.9 Å². The lowest BCUT2D eigenvalue weighted by atomic mass is 9.95. The second-order valence-corrected chi connectivity index (χ2v) is 10.5. The van der Waals surface area contributed by atoms with Crippen LogP contribution in [0.2, 0.25) is 0 Å². The van der Waals surface area contributed by atoms with Gasteiger partial charge in [0.1, 0.15) is 10.8 Å². The van der Waals surface area contributed by atoms with Crippen molar-refractivity contribution in [3.8, 4) is 5.00 Å². The van der Waals surface area contributed by atoms with E-state index < -0.39 is 0 Å². The molecule has 0 aromatic carbocycles. The van der Waals surface area contributed by atoms with Crippen molar-refractivity contribution in [3.63, 3.8) is 0 Å². The first-order valence-corrected chi connectivity index (χ1v) is 13.0. The second-order valence-electron chi connectivity index (χ2n) is 8.35. The summed E-state index contributed by atoms with van der Waals surface area (Å²) in [7, 11) is 0. The third-order valence-electron chi connectivity index (χ3n) is 6.17. The van der Waals surface area contributed by atoms with Crippen LogP contribution in [0.3, 0.4) is 0 Å². The third-order valence-corrected chi connectivity index (χ3v) is 8.58. The van der Waals surface area contributed by atoms with Crippen LogP contribution in [-0.4, -0.2) is 45.1 Å². The number of aryl methyl sites for hydroxylation is 1.